The number of carbonyl (C=O) groups is 2. The Morgan fingerprint density at radius 2 is 1.97 bits per heavy atom. The molecule has 2 aliphatic rings. The van der Waals surface area contributed by atoms with E-state index in [1.165, 1.54) is 11.3 Å². The van der Waals surface area contributed by atoms with E-state index in [9.17, 15) is 9.59 Å². The van der Waals surface area contributed by atoms with Gasteiger partial charge in [-0.15, -0.1) is 11.3 Å². The van der Waals surface area contributed by atoms with Crippen LogP contribution in [0.3, 0.4) is 0 Å². The summed E-state index contributed by atoms with van der Waals surface area (Å²) in [5, 5.41) is 8.63. The highest BCUT2D eigenvalue weighted by Gasteiger charge is 2.32. The summed E-state index contributed by atoms with van der Waals surface area (Å²) in [4.78, 5) is 28.5. The number of primary amides is 1. The molecular weight excluding hydrogens is 408 g/mol. The summed E-state index contributed by atoms with van der Waals surface area (Å²) in [5.74, 6) is -0.351. The van der Waals surface area contributed by atoms with Crippen LogP contribution in [-0.4, -0.2) is 39.5 Å². The molecule has 6 nitrogen and oxygen atoms in total. The molecule has 7 heteroatoms. The number of hydrogen-bond acceptors (Lipinski definition) is 4. The minimum Gasteiger partial charge on any atom is -0.365 e. The molecule has 1 atom stereocenters. The number of hydrogen-bond donors (Lipinski definition) is 2. The molecule has 1 unspecified atom stereocenters. The molecule has 3 heterocycles. The lowest BCUT2D eigenvalue weighted by atomic mass is 9.94. The fourth-order valence-electron chi connectivity index (χ4n) is 5.19. The van der Waals surface area contributed by atoms with Crippen molar-refractivity contribution in [2.75, 3.05) is 6.54 Å². The molecule has 2 amide bonds. The molecule has 1 fully saturated rings. The highest BCUT2D eigenvalue weighted by atomic mass is 32.1. The van der Waals surface area contributed by atoms with E-state index >= 15 is 0 Å². The standard InChI is InChI=1S/C24H28N4O2S/c25-23(29)22-18(16-9-4-6-12-20(16)31-22)14-15-8-2-1-7-13-28(15)24(30)21-17-10-3-5-11-19(17)26-27-21/h4,6,9,12,15H,1-3,5,7-8,10-11,13-14H2,(H2,25,29)(H,26,27). The van der Waals surface area contributed by atoms with Crippen LogP contribution in [0.4, 0.5) is 0 Å². The largest absolute Gasteiger partial charge is 0.365 e. The summed E-state index contributed by atoms with van der Waals surface area (Å²) in [6, 6.07) is 8.11. The molecule has 0 radical (unpaired) electrons. The van der Waals surface area contributed by atoms with Crippen molar-refractivity contribution < 1.29 is 9.59 Å². The first-order valence-corrected chi connectivity index (χ1v) is 12.1. The summed E-state index contributed by atoms with van der Waals surface area (Å²) < 4.78 is 1.07. The van der Waals surface area contributed by atoms with Crippen LogP contribution in [-0.2, 0) is 19.3 Å². The molecule has 0 saturated carbocycles. The maximum atomic E-state index is 13.7. The van der Waals surface area contributed by atoms with Gasteiger partial charge in [0.15, 0.2) is 5.69 Å². The predicted molar refractivity (Wildman–Crippen MR) is 123 cm³/mol. The van der Waals surface area contributed by atoms with E-state index in [0.717, 1.165) is 84.8 Å². The molecule has 1 aliphatic heterocycles. The quantitative estimate of drug-likeness (QED) is 0.641. The van der Waals surface area contributed by atoms with Crippen molar-refractivity contribution in [3.63, 3.8) is 0 Å². The van der Waals surface area contributed by atoms with Crippen molar-refractivity contribution in [3.8, 4) is 0 Å². The number of aromatic nitrogens is 2. The third kappa shape index (κ3) is 3.76. The SMILES string of the molecule is NC(=O)c1sc2ccccc2c1CC1CCCCCN1C(=O)c1n[nH]c2c1CCCC2. The summed E-state index contributed by atoms with van der Waals surface area (Å²) in [6.07, 6.45) is 8.94. The Morgan fingerprint density at radius 3 is 2.84 bits per heavy atom. The lowest BCUT2D eigenvalue weighted by molar-refractivity contribution is 0.0675. The fourth-order valence-corrected chi connectivity index (χ4v) is 6.27. The van der Waals surface area contributed by atoms with Crippen LogP contribution >= 0.6 is 11.3 Å². The maximum absolute atomic E-state index is 13.7. The first-order chi connectivity index (χ1) is 15.1. The van der Waals surface area contributed by atoms with E-state index in [-0.39, 0.29) is 17.9 Å². The normalized spacial score (nSPS) is 19.2. The van der Waals surface area contributed by atoms with Gasteiger partial charge in [-0.3, -0.25) is 14.7 Å². The lowest BCUT2D eigenvalue weighted by Crippen LogP contribution is -2.42. The van der Waals surface area contributed by atoms with Crippen molar-refractivity contribution in [1.82, 2.24) is 15.1 Å². The van der Waals surface area contributed by atoms with E-state index in [1.807, 2.05) is 23.1 Å². The second kappa shape index (κ2) is 8.46. The van der Waals surface area contributed by atoms with Gasteiger partial charge in [-0.25, -0.2) is 0 Å². The zero-order chi connectivity index (χ0) is 21.4. The second-order valence-electron chi connectivity index (χ2n) is 8.71. The van der Waals surface area contributed by atoms with Crippen LogP contribution in [0, 0.1) is 0 Å². The van der Waals surface area contributed by atoms with Crippen molar-refractivity contribution in [1.29, 1.82) is 0 Å². The lowest BCUT2D eigenvalue weighted by Gasteiger charge is -2.30. The maximum Gasteiger partial charge on any atom is 0.274 e. The van der Waals surface area contributed by atoms with Gasteiger partial charge in [0, 0.05) is 28.5 Å². The Bertz CT molecular complexity index is 1130. The topological polar surface area (TPSA) is 92.1 Å². The van der Waals surface area contributed by atoms with E-state index in [0.29, 0.717) is 17.0 Å². The predicted octanol–water partition coefficient (Wildman–Crippen LogP) is 4.23. The number of benzene rings is 1. The van der Waals surface area contributed by atoms with Gasteiger partial charge in [0.25, 0.3) is 11.8 Å². The van der Waals surface area contributed by atoms with Crippen LogP contribution < -0.4 is 5.73 Å². The van der Waals surface area contributed by atoms with Gasteiger partial charge in [0.1, 0.15) is 0 Å². The molecule has 1 aliphatic carbocycles. The van der Waals surface area contributed by atoms with Gasteiger partial charge in [0.05, 0.1) is 4.88 Å². The zero-order valence-corrected chi connectivity index (χ0v) is 18.5. The highest BCUT2D eigenvalue weighted by Crippen LogP contribution is 2.34. The second-order valence-corrected chi connectivity index (χ2v) is 9.76. The first kappa shape index (κ1) is 20.2. The third-order valence-corrected chi connectivity index (χ3v) is 7.99. The van der Waals surface area contributed by atoms with Gasteiger partial charge in [-0.05, 0) is 62.0 Å². The summed E-state index contributed by atoms with van der Waals surface area (Å²) in [6.45, 7) is 0.735. The number of thiophene rings is 1. The minimum atomic E-state index is -0.385. The number of rotatable bonds is 4. The Kier molecular flexibility index (Phi) is 5.52. The Morgan fingerprint density at radius 1 is 1.13 bits per heavy atom. The van der Waals surface area contributed by atoms with Crippen molar-refractivity contribution in [2.45, 2.75) is 63.8 Å². The number of nitrogens with one attached hydrogen (secondary N) is 1. The van der Waals surface area contributed by atoms with Crippen LogP contribution in [0.15, 0.2) is 24.3 Å². The highest BCUT2D eigenvalue weighted by molar-refractivity contribution is 7.21. The first-order valence-electron chi connectivity index (χ1n) is 11.3. The molecule has 3 aromatic rings. The van der Waals surface area contributed by atoms with Crippen molar-refractivity contribution >= 4 is 33.2 Å². The average molecular weight is 437 g/mol. The van der Waals surface area contributed by atoms with E-state index in [4.69, 9.17) is 5.73 Å². The molecule has 162 valence electrons. The van der Waals surface area contributed by atoms with E-state index < -0.39 is 0 Å². The molecule has 1 aromatic carbocycles. The molecule has 2 aromatic heterocycles. The molecular formula is C24H28N4O2S. The van der Waals surface area contributed by atoms with Gasteiger partial charge in [0.2, 0.25) is 0 Å². The van der Waals surface area contributed by atoms with Crippen LogP contribution in [0.1, 0.15) is 75.5 Å². The monoisotopic (exact) mass is 436 g/mol. The number of nitrogens with zero attached hydrogens (tertiary/aromatic N) is 2. The van der Waals surface area contributed by atoms with Gasteiger partial charge in [-0.1, -0.05) is 31.0 Å². The van der Waals surface area contributed by atoms with Gasteiger partial charge < -0.3 is 10.6 Å². The summed E-state index contributed by atoms with van der Waals surface area (Å²) in [5.41, 5.74) is 9.57. The Hall–Kier alpha value is -2.67. The fraction of sp³-hybridized carbons (Fsp3) is 0.458. The number of aromatic amines is 1. The Labute approximate surface area is 185 Å². The van der Waals surface area contributed by atoms with E-state index in [1.54, 1.807) is 0 Å². The van der Waals surface area contributed by atoms with Gasteiger partial charge in [-0.2, -0.15) is 5.10 Å². The number of nitrogens with two attached hydrogens (primary N) is 1. The van der Waals surface area contributed by atoms with Crippen LogP contribution in [0.2, 0.25) is 0 Å². The molecule has 3 N–H and O–H groups in total. The molecule has 31 heavy (non-hydrogen) atoms. The number of H-pyrrole nitrogens is 1. The minimum absolute atomic E-state index is 0.0338. The Balaban J connectivity index is 1.50. The van der Waals surface area contributed by atoms with E-state index in [2.05, 4.69) is 16.3 Å². The zero-order valence-electron chi connectivity index (χ0n) is 17.7. The number of fused-ring (bicyclic) bond motifs is 2. The van der Waals surface area contributed by atoms with Crippen LogP contribution in [0.25, 0.3) is 10.1 Å². The van der Waals surface area contributed by atoms with Crippen molar-refractivity contribution in [2.24, 2.45) is 5.73 Å². The third-order valence-electron chi connectivity index (χ3n) is 6.76. The number of amides is 2. The average Bonchev–Trinajstić information content (AvgIpc) is 3.29. The summed E-state index contributed by atoms with van der Waals surface area (Å²) >= 11 is 1.46. The summed E-state index contributed by atoms with van der Waals surface area (Å²) in [7, 11) is 0. The molecule has 0 spiro atoms. The molecule has 1 saturated heterocycles. The molecule has 0 bridgehead atoms. The number of carbonyl (C=O) groups excluding carboxylic acids is 2. The van der Waals surface area contributed by atoms with Gasteiger partial charge >= 0.3 is 0 Å². The van der Waals surface area contributed by atoms with Crippen molar-refractivity contribution in [3.05, 3.63) is 51.7 Å². The number of aryl methyl sites for hydroxylation is 1. The number of likely N-dealkylation sites (tertiary alicyclic amines) is 1. The van der Waals surface area contributed by atoms with Crippen LogP contribution in [0.5, 0.6) is 0 Å². The smallest absolute Gasteiger partial charge is 0.274 e. The molecule has 5 rings (SSSR count).